The largest absolute Gasteiger partial charge is 0.508 e. The lowest BCUT2D eigenvalue weighted by Crippen LogP contribution is -2.31. The second kappa shape index (κ2) is 5.51. The lowest BCUT2D eigenvalue weighted by Gasteiger charge is -2.10. The standard InChI is InChI=1S/C12H18N2O2/c1-9-4-5-10(8-11(9)15)12(16)13-6-7-14(2)3/h4-5,8,15H,6-7H2,1-3H3,(H,13,16). The van der Waals surface area contributed by atoms with E-state index in [0.29, 0.717) is 12.1 Å². The SMILES string of the molecule is Cc1ccc(C(=O)NCCN(C)C)cc1O. The lowest BCUT2D eigenvalue weighted by atomic mass is 10.1. The quantitative estimate of drug-likeness (QED) is 0.799. The molecule has 0 unspecified atom stereocenters. The van der Waals surface area contributed by atoms with Gasteiger partial charge in [-0.05, 0) is 38.7 Å². The summed E-state index contributed by atoms with van der Waals surface area (Å²) in [4.78, 5) is 13.6. The number of carbonyl (C=O) groups is 1. The predicted molar refractivity (Wildman–Crippen MR) is 63.7 cm³/mol. The van der Waals surface area contributed by atoms with Crippen LogP contribution in [0.5, 0.6) is 5.75 Å². The number of amides is 1. The van der Waals surface area contributed by atoms with E-state index in [-0.39, 0.29) is 11.7 Å². The number of hydrogen-bond donors (Lipinski definition) is 2. The van der Waals surface area contributed by atoms with Crippen molar-refractivity contribution in [1.82, 2.24) is 10.2 Å². The molecule has 0 saturated carbocycles. The smallest absolute Gasteiger partial charge is 0.251 e. The number of carbonyl (C=O) groups excluding carboxylic acids is 1. The second-order valence-electron chi connectivity index (χ2n) is 4.06. The number of nitrogens with one attached hydrogen (secondary N) is 1. The number of aromatic hydroxyl groups is 1. The van der Waals surface area contributed by atoms with Gasteiger partial charge in [0.05, 0.1) is 0 Å². The molecule has 1 aromatic rings. The topological polar surface area (TPSA) is 52.6 Å². The molecule has 1 amide bonds. The Morgan fingerprint density at radius 1 is 1.44 bits per heavy atom. The molecule has 0 radical (unpaired) electrons. The molecule has 0 aliphatic heterocycles. The minimum atomic E-state index is -0.155. The molecule has 88 valence electrons. The molecule has 0 spiro atoms. The van der Waals surface area contributed by atoms with Crippen LogP contribution in [-0.4, -0.2) is 43.1 Å². The maximum absolute atomic E-state index is 11.6. The maximum atomic E-state index is 11.6. The molecule has 4 heteroatoms. The first-order valence-corrected chi connectivity index (χ1v) is 5.23. The van der Waals surface area contributed by atoms with Gasteiger partial charge in [0, 0.05) is 18.7 Å². The summed E-state index contributed by atoms with van der Waals surface area (Å²) in [5.41, 5.74) is 1.26. The first-order chi connectivity index (χ1) is 7.50. The summed E-state index contributed by atoms with van der Waals surface area (Å²) in [6.07, 6.45) is 0. The average molecular weight is 222 g/mol. The number of aryl methyl sites for hydroxylation is 1. The van der Waals surface area contributed by atoms with Crippen molar-refractivity contribution in [3.63, 3.8) is 0 Å². The maximum Gasteiger partial charge on any atom is 0.251 e. The van der Waals surface area contributed by atoms with Crippen LogP contribution in [0.15, 0.2) is 18.2 Å². The van der Waals surface area contributed by atoms with Crippen molar-refractivity contribution in [2.24, 2.45) is 0 Å². The van der Waals surface area contributed by atoms with E-state index in [1.807, 2.05) is 19.0 Å². The van der Waals surface area contributed by atoms with E-state index in [9.17, 15) is 9.90 Å². The fourth-order valence-corrected chi connectivity index (χ4v) is 1.25. The number of phenolic OH excluding ortho intramolecular Hbond substituents is 1. The fraction of sp³-hybridized carbons (Fsp3) is 0.417. The fourth-order valence-electron chi connectivity index (χ4n) is 1.25. The molecule has 0 bridgehead atoms. The van der Waals surface area contributed by atoms with Crippen molar-refractivity contribution in [3.8, 4) is 5.75 Å². The van der Waals surface area contributed by atoms with Crippen LogP contribution >= 0.6 is 0 Å². The molecule has 16 heavy (non-hydrogen) atoms. The van der Waals surface area contributed by atoms with E-state index in [1.165, 1.54) is 6.07 Å². The molecule has 0 fully saturated rings. The van der Waals surface area contributed by atoms with Gasteiger partial charge in [0.15, 0.2) is 0 Å². The first-order valence-electron chi connectivity index (χ1n) is 5.23. The van der Waals surface area contributed by atoms with Gasteiger partial charge in [0.25, 0.3) is 5.91 Å². The Balaban J connectivity index is 2.56. The number of likely N-dealkylation sites (N-methyl/N-ethyl adjacent to an activating group) is 1. The molecule has 0 aliphatic carbocycles. The minimum absolute atomic E-state index is 0.153. The number of phenols is 1. The summed E-state index contributed by atoms with van der Waals surface area (Å²) in [7, 11) is 3.90. The van der Waals surface area contributed by atoms with Gasteiger partial charge in [-0.3, -0.25) is 4.79 Å². The first kappa shape index (κ1) is 12.5. The highest BCUT2D eigenvalue weighted by atomic mass is 16.3. The summed E-state index contributed by atoms with van der Waals surface area (Å²) in [5.74, 6) is -0.00240. The zero-order valence-corrected chi connectivity index (χ0v) is 9.95. The Morgan fingerprint density at radius 2 is 2.12 bits per heavy atom. The van der Waals surface area contributed by atoms with Crippen molar-refractivity contribution in [2.75, 3.05) is 27.2 Å². The van der Waals surface area contributed by atoms with E-state index in [4.69, 9.17) is 0 Å². The van der Waals surface area contributed by atoms with E-state index >= 15 is 0 Å². The van der Waals surface area contributed by atoms with Crippen molar-refractivity contribution < 1.29 is 9.90 Å². The van der Waals surface area contributed by atoms with Crippen LogP contribution in [-0.2, 0) is 0 Å². The summed E-state index contributed by atoms with van der Waals surface area (Å²) in [6.45, 7) is 3.19. The number of rotatable bonds is 4. The molecule has 0 aliphatic rings. The Hall–Kier alpha value is -1.55. The third-order valence-corrected chi connectivity index (χ3v) is 2.32. The van der Waals surface area contributed by atoms with Crippen LogP contribution in [0.3, 0.4) is 0 Å². The highest BCUT2D eigenvalue weighted by molar-refractivity contribution is 5.94. The van der Waals surface area contributed by atoms with Gasteiger partial charge in [-0.1, -0.05) is 6.07 Å². The highest BCUT2D eigenvalue weighted by Gasteiger charge is 2.06. The van der Waals surface area contributed by atoms with Crippen LogP contribution < -0.4 is 5.32 Å². The monoisotopic (exact) mass is 222 g/mol. The molecule has 0 aromatic heterocycles. The minimum Gasteiger partial charge on any atom is -0.508 e. The number of hydrogen-bond acceptors (Lipinski definition) is 3. The highest BCUT2D eigenvalue weighted by Crippen LogP contribution is 2.17. The van der Waals surface area contributed by atoms with Crippen LogP contribution in [0.25, 0.3) is 0 Å². The van der Waals surface area contributed by atoms with Gasteiger partial charge in [-0.25, -0.2) is 0 Å². The van der Waals surface area contributed by atoms with Crippen molar-refractivity contribution in [2.45, 2.75) is 6.92 Å². The van der Waals surface area contributed by atoms with Gasteiger partial charge >= 0.3 is 0 Å². The van der Waals surface area contributed by atoms with Gasteiger partial charge in [0.1, 0.15) is 5.75 Å². The molecule has 1 aromatic carbocycles. The number of benzene rings is 1. The van der Waals surface area contributed by atoms with Crippen LogP contribution in [0.2, 0.25) is 0 Å². The van der Waals surface area contributed by atoms with Gasteiger partial charge in [-0.2, -0.15) is 0 Å². The molecule has 0 heterocycles. The van der Waals surface area contributed by atoms with E-state index in [2.05, 4.69) is 5.32 Å². The summed E-state index contributed by atoms with van der Waals surface area (Å²) in [6, 6.07) is 4.93. The average Bonchev–Trinajstić information content (AvgIpc) is 2.21. The van der Waals surface area contributed by atoms with Crippen molar-refractivity contribution in [3.05, 3.63) is 29.3 Å². The summed E-state index contributed by atoms with van der Waals surface area (Å²) in [5, 5.41) is 12.3. The molecule has 4 nitrogen and oxygen atoms in total. The van der Waals surface area contributed by atoms with Crippen molar-refractivity contribution in [1.29, 1.82) is 0 Å². The van der Waals surface area contributed by atoms with Crippen LogP contribution in [0.4, 0.5) is 0 Å². The zero-order chi connectivity index (χ0) is 12.1. The van der Waals surface area contributed by atoms with E-state index in [0.717, 1.165) is 12.1 Å². The van der Waals surface area contributed by atoms with E-state index < -0.39 is 0 Å². The van der Waals surface area contributed by atoms with Crippen LogP contribution in [0, 0.1) is 6.92 Å². The molecule has 0 atom stereocenters. The normalized spacial score (nSPS) is 10.5. The second-order valence-corrected chi connectivity index (χ2v) is 4.06. The van der Waals surface area contributed by atoms with Gasteiger partial charge in [-0.15, -0.1) is 0 Å². The van der Waals surface area contributed by atoms with Gasteiger partial charge < -0.3 is 15.3 Å². The Morgan fingerprint density at radius 3 is 2.69 bits per heavy atom. The molecule has 2 N–H and O–H groups in total. The summed E-state index contributed by atoms with van der Waals surface area (Å²) >= 11 is 0. The van der Waals surface area contributed by atoms with Crippen molar-refractivity contribution >= 4 is 5.91 Å². The Labute approximate surface area is 95.9 Å². The van der Waals surface area contributed by atoms with Gasteiger partial charge in [0.2, 0.25) is 0 Å². The van der Waals surface area contributed by atoms with E-state index in [1.54, 1.807) is 19.1 Å². The Kier molecular flexibility index (Phi) is 4.31. The third kappa shape index (κ3) is 3.55. The molecular formula is C12H18N2O2. The Bertz CT molecular complexity index is 375. The number of nitrogens with zero attached hydrogens (tertiary/aromatic N) is 1. The lowest BCUT2D eigenvalue weighted by molar-refractivity contribution is 0.0950. The molecular weight excluding hydrogens is 204 g/mol. The zero-order valence-electron chi connectivity index (χ0n) is 9.95. The third-order valence-electron chi connectivity index (χ3n) is 2.32. The molecule has 1 rings (SSSR count). The van der Waals surface area contributed by atoms with Crippen LogP contribution in [0.1, 0.15) is 15.9 Å². The summed E-state index contributed by atoms with van der Waals surface area (Å²) < 4.78 is 0. The predicted octanol–water partition coefficient (Wildman–Crippen LogP) is 0.992. The molecule has 0 saturated heterocycles.